The first kappa shape index (κ1) is 9.54. The standard InChI is InChI=1S/C12H12N2O2/c1-13-6-8(7-13)14-11(15)9-4-2-3-5-10(9)12(14)16/h2-5,8H,6-7H2,1H3. The van der Waals surface area contributed by atoms with Gasteiger partial charge in [0.05, 0.1) is 17.2 Å². The number of hydrogen-bond donors (Lipinski definition) is 0. The van der Waals surface area contributed by atoms with Gasteiger partial charge in [0.1, 0.15) is 0 Å². The number of amides is 2. The van der Waals surface area contributed by atoms with E-state index in [0.29, 0.717) is 11.1 Å². The maximum atomic E-state index is 12.0. The average Bonchev–Trinajstić information content (AvgIpc) is 2.49. The summed E-state index contributed by atoms with van der Waals surface area (Å²) in [5.74, 6) is -0.280. The smallest absolute Gasteiger partial charge is 0.261 e. The highest BCUT2D eigenvalue weighted by atomic mass is 16.2. The van der Waals surface area contributed by atoms with Gasteiger partial charge in [0.15, 0.2) is 0 Å². The molecule has 2 amide bonds. The summed E-state index contributed by atoms with van der Waals surface area (Å²) in [4.78, 5) is 27.6. The van der Waals surface area contributed by atoms with Crippen LogP contribution in [0.3, 0.4) is 0 Å². The number of hydrogen-bond acceptors (Lipinski definition) is 3. The Kier molecular flexibility index (Phi) is 1.88. The van der Waals surface area contributed by atoms with E-state index in [1.165, 1.54) is 4.90 Å². The molecule has 0 saturated carbocycles. The molecule has 0 aromatic heterocycles. The molecule has 0 atom stereocenters. The molecule has 0 N–H and O–H groups in total. The summed E-state index contributed by atoms with van der Waals surface area (Å²) in [5, 5.41) is 0. The minimum Gasteiger partial charge on any atom is -0.302 e. The molecule has 3 rings (SSSR count). The molecule has 0 aliphatic carbocycles. The maximum absolute atomic E-state index is 12.0. The van der Waals surface area contributed by atoms with Gasteiger partial charge in [0.2, 0.25) is 0 Å². The van der Waals surface area contributed by atoms with Crippen LogP contribution in [0.15, 0.2) is 24.3 Å². The number of nitrogens with zero attached hydrogens (tertiary/aromatic N) is 2. The van der Waals surface area contributed by atoms with E-state index in [-0.39, 0.29) is 17.9 Å². The summed E-state index contributed by atoms with van der Waals surface area (Å²) < 4.78 is 0. The number of carbonyl (C=O) groups is 2. The van der Waals surface area contributed by atoms with Gasteiger partial charge in [0.25, 0.3) is 11.8 Å². The van der Waals surface area contributed by atoms with Gasteiger partial charge in [-0.25, -0.2) is 0 Å². The zero-order valence-corrected chi connectivity index (χ0v) is 9.01. The van der Waals surface area contributed by atoms with Crippen LogP contribution in [0.25, 0.3) is 0 Å². The van der Waals surface area contributed by atoms with Crippen molar-refractivity contribution in [1.29, 1.82) is 0 Å². The Hall–Kier alpha value is -1.68. The predicted octanol–water partition coefficient (Wildman–Crippen LogP) is 0.597. The topological polar surface area (TPSA) is 40.6 Å². The second-order valence-electron chi connectivity index (χ2n) is 4.40. The van der Waals surface area contributed by atoms with Crippen LogP contribution in [0.5, 0.6) is 0 Å². The van der Waals surface area contributed by atoms with Gasteiger partial charge < -0.3 is 4.90 Å². The predicted molar refractivity (Wildman–Crippen MR) is 58.2 cm³/mol. The van der Waals surface area contributed by atoms with Crippen LogP contribution in [-0.2, 0) is 0 Å². The van der Waals surface area contributed by atoms with Crippen LogP contribution in [0.2, 0.25) is 0 Å². The van der Waals surface area contributed by atoms with E-state index < -0.39 is 0 Å². The summed E-state index contributed by atoms with van der Waals surface area (Å²) in [7, 11) is 1.98. The van der Waals surface area contributed by atoms with Gasteiger partial charge in [0, 0.05) is 13.1 Å². The van der Waals surface area contributed by atoms with Crippen molar-refractivity contribution in [2.75, 3.05) is 20.1 Å². The van der Waals surface area contributed by atoms with E-state index in [1.54, 1.807) is 24.3 Å². The minimum atomic E-state index is -0.140. The largest absolute Gasteiger partial charge is 0.302 e. The van der Waals surface area contributed by atoms with Crippen LogP contribution >= 0.6 is 0 Å². The number of likely N-dealkylation sites (tertiary alicyclic amines) is 1. The van der Waals surface area contributed by atoms with Crippen molar-refractivity contribution in [3.8, 4) is 0 Å². The molecular formula is C12H12N2O2. The number of rotatable bonds is 1. The first-order valence-electron chi connectivity index (χ1n) is 5.34. The summed E-state index contributed by atoms with van der Waals surface area (Å²) >= 11 is 0. The van der Waals surface area contributed by atoms with Crippen molar-refractivity contribution >= 4 is 11.8 Å². The molecular weight excluding hydrogens is 204 g/mol. The average molecular weight is 216 g/mol. The number of likely N-dealkylation sites (N-methyl/N-ethyl adjacent to an activating group) is 1. The number of fused-ring (bicyclic) bond motifs is 1. The summed E-state index contributed by atoms with van der Waals surface area (Å²) in [6.07, 6.45) is 0. The van der Waals surface area contributed by atoms with E-state index in [4.69, 9.17) is 0 Å². The van der Waals surface area contributed by atoms with Crippen molar-refractivity contribution in [2.24, 2.45) is 0 Å². The molecule has 4 heteroatoms. The van der Waals surface area contributed by atoms with Crippen LogP contribution < -0.4 is 0 Å². The quantitative estimate of drug-likeness (QED) is 0.645. The lowest BCUT2D eigenvalue weighted by molar-refractivity contribution is 0.0350. The Balaban J connectivity index is 1.96. The Labute approximate surface area is 93.5 Å². The molecule has 0 spiro atoms. The van der Waals surface area contributed by atoms with Gasteiger partial charge in [-0.1, -0.05) is 12.1 Å². The lowest BCUT2D eigenvalue weighted by Gasteiger charge is -2.40. The lowest BCUT2D eigenvalue weighted by atomic mass is 10.1. The van der Waals surface area contributed by atoms with Crippen LogP contribution in [0.4, 0.5) is 0 Å². The molecule has 0 radical (unpaired) electrons. The first-order chi connectivity index (χ1) is 7.68. The molecule has 2 heterocycles. The van der Waals surface area contributed by atoms with Crippen molar-refractivity contribution in [3.63, 3.8) is 0 Å². The van der Waals surface area contributed by atoms with E-state index in [2.05, 4.69) is 4.90 Å². The Morgan fingerprint density at radius 2 is 1.56 bits per heavy atom. The van der Waals surface area contributed by atoms with E-state index in [9.17, 15) is 9.59 Å². The fraction of sp³-hybridized carbons (Fsp3) is 0.333. The molecule has 1 aromatic rings. The molecule has 16 heavy (non-hydrogen) atoms. The zero-order valence-electron chi connectivity index (χ0n) is 9.01. The third kappa shape index (κ3) is 1.13. The molecule has 1 saturated heterocycles. The highest BCUT2D eigenvalue weighted by Crippen LogP contribution is 2.27. The van der Waals surface area contributed by atoms with Gasteiger partial charge in [-0.3, -0.25) is 14.5 Å². The normalized spacial score (nSPS) is 21.2. The van der Waals surface area contributed by atoms with E-state index >= 15 is 0 Å². The molecule has 0 bridgehead atoms. The second kappa shape index (κ2) is 3.15. The molecule has 2 aliphatic heterocycles. The van der Waals surface area contributed by atoms with Gasteiger partial charge >= 0.3 is 0 Å². The SMILES string of the molecule is CN1CC(N2C(=O)c3ccccc3C2=O)C1. The first-order valence-corrected chi connectivity index (χ1v) is 5.34. The Morgan fingerprint density at radius 3 is 2.00 bits per heavy atom. The highest BCUT2D eigenvalue weighted by Gasteiger charge is 2.43. The zero-order chi connectivity index (χ0) is 11.3. The van der Waals surface area contributed by atoms with Crippen molar-refractivity contribution < 1.29 is 9.59 Å². The molecule has 1 aromatic carbocycles. The fourth-order valence-corrected chi connectivity index (χ4v) is 2.37. The number of benzene rings is 1. The summed E-state index contributed by atoms with van der Waals surface area (Å²) in [6.45, 7) is 1.57. The molecule has 0 unspecified atom stereocenters. The van der Waals surface area contributed by atoms with Crippen molar-refractivity contribution in [2.45, 2.75) is 6.04 Å². The third-order valence-electron chi connectivity index (χ3n) is 3.24. The molecule has 1 fully saturated rings. The number of imide groups is 1. The van der Waals surface area contributed by atoms with Crippen LogP contribution in [0.1, 0.15) is 20.7 Å². The second-order valence-corrected chi connectivity index (χ2v) is 4.40. The van der Waals surface area contributed by atoms with Gasteiger partial charge in [-0.15, -0.1) is 0 Å². The van der Waals surface area contributed by atoms with Crippen molar-refractivity contribution in [1.82, 2.24) is 9.80 Å². The van der Waals surface area contributed by atoms with Crippen molar-refractivity contribution in [3.05, 3.63) is 35.4 Å². The monoisotopic (exact) mass is 216 g/mol. The number of carbonyl (C=O) groups excluding carboxylic acids is 2. The maximum Gasteiger partial charge on any atom is 0.261 e. The summed E-state index contributed by atoms with van der Waals surface area (Å²) in [6, 6.07) is 7.08. The van der Waals surface area contributed by atoms with E-state index in [1.807, 2.05) is 7.05 Å². The lowest BCUT2D eigenvalue weighted by Crippen LogP contribution is -2.59. The molecule has 2 aliphatic rings. The van der Waals surface area contributed by atoms with E-state index in [0.717, 1.165) is 13.1 Å². The molecule has 4 nitrogen and oxygen atoms in total. The summed E-state index contributed by atoms with van der Waals surface area (Å²) in [5.41, 5.74) is 1.09. The van der Waals surface area contributed by atoms with Crippen LogP contribution in [0, 0.1) is 0 Å². The Bertz CT molecular complexity index is 443. The Morgan fingerprint density at radius 1 is 1.06 bits per heavy atom. The van der Waals surface area contributed by atoms with Gasteiger partial charge in [-0.05, 0) is 19.2 Å². The third-order valence-corrected chi connectivity index (χ3v) is 3.24. The minimum absolute atomic E-state index is 0.0531. The highest BCUT2D eigenvalue weighted by molar-refractivity contribution is 6.21. The van der Waals surface area contributed by atoms with Crippen LogP contribution in [-0.4, -0.2) is 47.8 Å². The van der Waals surface area contributed by atoms with Gasteiger partial charge in [-0.2, -0.15) is 0 Å². The fourth-order valence-electron chi connectivity index (χ4n) is 2.37. The molecule has 82 valence electrons.